The number of nitrogens with one attached hydrogen (secondary N) is 1. The lowest BCUT2D eigenvalue weighted by Gasteiger charge is -2.11. The van der Waals surface area contributed by atoms with Gasteiger partial charge >= 0.3 is 0 Å². The van der Waals surface area contributed by atoms with Crippen LogP contribution in [-0.4, -0.2) is 44.0 Å². The molecule has 0 saturated heterocycles. The molecule has 0 atom stereocenters. The lowest BCUT2D eigenvalue weighted by Crippen LogP contribution is -2.19. The maximum absolute atomic E-state index is 12.2. The van der Waals surface area contributed by atoms with Gasteiger partial charge in [0.05, 0.1) is 24.9 Å². The molecular formula is C33H46N10O2. The van der Waals surface area contributed by atoms with Crippen LogP contribution in [0.4, 0.5) is 11.6 Å². The minimum Gasteiger partial charge on any atom is -0.398 e. The van der Waals surface area contributed by atoms with Crippen molar-refractivity contribution in [3.63, 3.8) is 0 Å². The van der Waals surface area contributed by atoms with Crippen LogP contribution in [0.3, 0.4) is 0 Å². The number of imidazole rings is 2. The van der Waals surface area contributed by atoms with E-state index < -0.39 is 0 Å². The summed E-state index contributed by atoms with van der Waals surface area (Å²) in [5.41, 5.74) is 10.9. The number of carbonyl (C=O) groups is 1. The molecule has 0 amide bonds. The van der Waals surface area contributed by atoms with Crippen molar-refractivity contribution < 1.29 is 4.79 Å². The zero-order valence-corrected chi connectivity index (χ0v) is 25.4. The minimum absolute atomic E-state index is 0. The highest BCUT2D eigenvalue weighted by molar-refractivity contribution is 6.00. The van der Waals surface area contributed by atoms with Gasteiger partial charge in [-0.1, -0.05) is 27.5 Å². The highest BCUT2D eigenvalue weighted by Gasteiger charge is 2.21. The van der Waals surface area contributed by atoms with Gasteiger partial charge in [-0.25, -0.2) is 15.0 Å². The van der Waals surface area contributed by atoms with E-state index in [1.165, 1.54) is 0 Å². The Labute approximate surface area is 264 Å². The quantitative estimate of drug-likeness (QED) is 0.230. The fourth-order valence-corrected chi connectivity index (χ4v) is 5.04. The molecule has 7 rings (SSSR count). The van der Waals surface area contributed by atoms with Crippen LogP contribution in [0.15, 0.2) is 60.3 Å². The van der Waals surface area contributed by atoms with Gasteiger partial charge in [-0.2, -0.15) is 4.98 Å². The van der Waals surface area contributed by atoms with Crippen molar-refractivity contribution in [3.05, 3.63) is 77.3 Å². The van der Waals surface area contributed by atoms with Crippen LogP contribution >= 0.6 is 0 Å². The summed E-state index contributed by atoms with van der Waals surface area (Å²) in [7, 11) is 0. The van der Waals surface area contributed by atoms with Crippen LogP contribution < -0.4 is 16.6 Å². The van der Waals surface area contributed by atoms with Gasteiger partial charge in [-0.05, 0) is 59.8 Å². The monoisotopic (exact) mass is 614 g/mol. The molecule has 1 aliphatic heterocycles. The number of anilines is 2. The summed E-state index contributed by atoms with van der Waals surface area (Å²) in [4.78, 5) is 40.6. The smallest absolute Gasteiger partial charge is 0.283 e. The fourth-order valence-electron chi connectivity index (χ4n) is 5.04. The third-order valence-electron chi connectivity index (χ3n) is 7.31. The number of allylic oxidation sites excluding steroid dienone is 2. The van der Waals surface area contributed by atoms with E-state index >= 15 is 0 Å². The van der Waals surface area contributed by atoms with Gasteiger partial charge in [0.25, 0.3) is 5.56 Å². The average Bonchev–Trinajstić information content (AvgIpc) is 3.74. The molecule has 45 heavy (non-hydrogen) atoms. The Morgan fingerprint density at radius 2 is 1.56 bits per heavy atom. The molecule has 0 spiro atoms. The predicted molar refractivity (Wildman–Crippen MR) is 184 cm³/mol. The number of carbonyl (C=O) groups excluding carboxylic acids is 1. The Morgan fingerprint density at radius 3 is 2.22 bits per heavy atom. The molecule has 12 heteroatoms. The van der Waals surface area contributed by atoms with Gasteiger partial charge in [0.1, 0.15) is 11.3 Å². The lowest BCUT2D eigenvalue weighted by molar-refractivity contribution is 0.0990. The molecule has 3 N–H and O–H groups in total. The zero-order valence-electron chi connectivity index (χ0n) is 25.4. The van der Waals surface area contributed by atoms with E-state index in [2.05, 4.69) is 64.1 Å². The summed E-state index contributed by atoms with van der Waals surface area (Å²) in [6, 6.07) is 4.84. The van der Waals surface area contributed by atoms with E-state index in [1.807, 2.05) is 53.5 Å². The van der Waals surface area contributed by atoms with Crippen LogP contribution in [0.1, 0.15) is 97.1 Å². The number of Topliss-reactive ketones (excluding diaryl/α,β-unsaturated/α-hetero) is 1. The van der Waals surface area contributed by atoms with Gasteiger partial charge in [0.2, 0.25) is 5.95 Å². The Morgan fingerprint density at radius 1 is 0.889 bits per heavy atom. The number of rotatable bonds is 3. The number of pyridine rings is 1. The second kappa shape index (κ2) is 13.7. The van der Waals surface area contributed by atoms with Crippen LogP contribution in [0, 0.1) is 0 Å². The van der Waals surface area contributed by atoms with Crippen molar-refractivity contribution in [3.8, 4) is 0 Å². The van der Waals surface area contributed by atoms with Crippen molar-refractivity contribution in [2.45, 2.75) is 87.5 Å². The molecule has 0 aromatic carbocycles. The first-order valence-electron chi connectivity index (χ1n) is 14.4. The first kappa shape index (κ1) is 34.5. The zero-order chi connectivity index (χ0) is 31.0. The van der Waals surface area contributed by atoms with Crippen LogP contribution in [0.5, 0.6) is 0 Å². The molecule has 0 bridgehead atoms. The average molecular weight is 615 g/mol. The summed E-state index contributed by atoms with van der Waals surface area (Å²) in [5, 5.41) is 4.04. The molecule has 0 fully saturated rings. The molecule has 0 unspecified atom stereocenters. The first-order chi connectivity index (χ1) is 20.5. The second-order valence-electron chi connectivity index (χ2n) is 11.4. The van der Waals surface area contributed by atoms with Crippen molar-refractivity contribution in [2.24, 2.45) is 0 Å². The number of fused-ring (bicyclic) bond motifs is 4. The van der Waals surface area contributed by atoms with Crippen molar-refractivity contribution in [1.82, 2.24) is 38.2 Å². The number of nitrogens with zero attached hydrogens (tertiary/aromatic N) is 8. The maximum atomic E-state index is 12.2. The highest BCUT2D eigenvalue weighted by atomic mass is 16.1. The SMILES string of the molecule is C.C.C=C1Cn2c(nc3c(ncn3C(C)C)c2=O)N1.CC(C)n1ccc2c(N)ccnc21.CC(C)n1cnc2c1C=CCC2=O. The number of aromatic nitrogens is 8. The van der Waals surface area contributed by atoms with Crippen LogP contribution in [0.2, 0.25) is 0 Å². The summed E-state index contributed by atoms with van der Waals surface area (Å²) >= 11 is 0. The molecule has 12 nitrogen and oxygen atoms in total. The molecule has 2 aliphatic rings. The van der Waals surface area contributed by atoms with E-state index in [1.54, 1.807) is 23.4 Å². The van der Waals surface area contributed by atoms with Crippen molar-refractivity contribution in [2.75, 3.05) is 11.1 Å². The molecular weight excluding hydrogens is 568 g/mol. The van der Waals surface area contributed by atoms with Gasteiger partial charge in [0, 0.05) is 53.7 Å². The number of ketones is 1. The summed E-state index contributed by atoms with van der Waals surface area (Å²) in [5.74, 6) is 0.673. The normalized spacial score (nSPS) is 13.1. The molecule has 0 radical (unpaired) electrons. The lowest BCUT2D eigenvalue weighted by atomic mass is 10.1. The van der Waals surface area contributed by atoms with Gasteiger partial charge in [0.15, 0.2) is 16.9 Å². The maximum Gasteiger partial charge on any atom is 0.283 e. The Balaban J connectivity index is 0.000000183. The summed E-state index contributed by atoms with van der Waals surface area (Å²) < 4.78 is 7.58. The minimum atomic E-state index is -0.115. The second-order valence-corrected chi connectivity index (χ2v) is 11.4. The standard InChI is InChI=1S/C11H13N5O.C10H13N3.C10H12N2O.2CH4/c1-6(2)16-5-12-8-9(16)14-11-13-7(3)4-15(11)10(8)17;1-7(2)13-6-4-8-9(11)3-5-12-10(8)13;1-7(2)12-6-11-10-8(12)4-3-5-9(10)13;;/h5-6H,3-4H2,1-2H3,(H,13,14);3-7H,1-2H3,(H2,11,12);3-4,6-7H,5H2,1-2H3;2*1H4. The van der Waals surface area contributed by atoms with Gasteiger partial charge < -0.3 is 24.8 Å². The van der Waals surface area contributed by atoms with Gasteiger partial charge in [-0.3, -0.25) is 14.2 Å². The predicted octanol–water partition coefficient (Wildman–Crippen LogP) is 6.65. The van der Waals surface area contributed by atoms with E-state index in [0.717, 1.165) is 28.1 Å². The Hall–Kier alpha value is -5.00. The van der Waals surface area contributed by atoms with E-state index in [4.69, 9.17) is 5.73 Å². The van der Waals surface area contributed by atoms with Crippen molar-refractivity contribution in [1.29, 1.82) is 0 Å². The van der Waals surface area contributed by atoms with E-state index in [-0.39, 0.29) is 32.2 Å². The summed E-state index contributed by atoms with van der Waals surface area (Å²) in [6.07, 6.45) is 11.5. The van der Waals surface area contributed by atoms with Crippen LogP contribution in [-0.2, 0) is 6.54 Å². The molecule has 0 saturated carbocycles. The van der Waals surface area contributed by atoms with E-state index in [9.17, 15) is 9.59 Å². The third kappa shape index (κ3) is 6.59. The van der Waals surface area contributed by atoms with Gasteiger partial charge in [-0.15, -0.1) is 0 Å². The first-order valence-corrected chi connectivity index (χ1v) is 14.4. The molecule has 1 aliphatic carbocycles. The largest absolute Gasteiger partial charge is 0.398 e. The third-order valence-corrected chi connectivity index (χ3v) is 7.31. The topological polar surface area (TPSA) is 143 Å². The Bertz CT molecular complexity index is 1920. The number of nitrogens with two attached hydrogens (primary N) is 1. The number of hydrogen-bond donors (Lipinski definition) is 2. The highest BCUT2D eigenvalue weighted by Crippen LogP contribution is 2.23. The molecule has 5 aromatic heterocycles. The number of hydrogen-bond acceptors (Lipinski definition) is 8. The van der Waals surface area contributed by atoms with E-state index in [0.29, 0.717) is 47.9 Å². The Kier molecular flexibility index (Phi) is 10.5. The molecule has 240 valence electrons. The van der Waals surface area contributed by atoms with Crippen LogP contribution in [0.25, 0.3) is 28.3 Å². The number of nitrogen functional groups attached to an aromatic ring is 1. The molecule has 5 aromatic rings. The molecule has 6 heterocycles. The van der Waals surface area contributed by atoms with Crippen molar-refractivity contribution >= 4 is 45.7 Å². The fraction of sp³-hybridized carbons (Fsp3) is 0.394. The summed E-state index contributed by atoms with van der Waals surface area (Å²) in [6.45, 7) is 16.7.